The number of aromatic amines is 2. The number of anilines is 2. The SMILES string of the molecule is CCCN(CC)C(=O)OC(C)OC(=O)CCC(=O)OCOC.CCN(CCNC(=O)OC(C)(C)C)C(=O)OC(C)OC(=O)CCC(=O)OCOC.CCN(CCNC(=O)c1c(C)[nH]c(/C=C2\C(=O)Nc3ccc(F)cc32)c1C)C(=O)OC(C)OC(=O)CNC(=O)OCOC.Cc1[nH]c(/C=C2\C(=O)Nc3ccc(F)cc32)c(C)c1C(=O)O.O=C(O)CNC(=O)OCCO.O=C(OCCO)On1nnc2ccccc21. The fraction of sp³-hybridized carbons (Fsp3) is 0.478. The minimum absolute atomic E-state index is 0.0823. The van der Waals surface area contributed by atoms with Crippen molar-refractivity contribution in [2.45, 2.75) is 154 Å². The summed E-state index contributed by atoms with van der Waals surface area (Å²) in [5.74, 6) is -7.61. The first-order valence-corrected chi connectivity index (χ1v) is 43.9. The predicted molar refractivity (Wildman–Crippen MR) is 495 cm³/mol. The summed E-state index contributed by atoms with van der Waals surface area (Å²) < 4.78 is 98.6. The number of aromatic carboxylic acids is 1. The summed E-state index contributed by atoms with van der Waals surface area (Å²) >= 11 is 0. The van der Waals surface area contributed by atoms with E-state index in [0.29, 0.717) is 98.2 Å². The van der Waals surface area contributed by atoms with Crippen LogP contribution < -0.4 is 36.7 Å². The van der Waals surface area contributed by atoms with Crippen LogP contribution >= 0.6 is 0 Å². The average Bonchev–Trinajstić information content (AvgIpc) is 1.64. The van der Waals surface area contributed by atoms with Crippen molar-refractivity contribution in [3.8, 4) is 0 Å². The highest BCUT2D eigenvalue weighted by atomic mass is 19.1. The quantitative estimate of drug-likeness (QED) is 0.00570. The number of para-hydroxylation sites is 1. The molecule has 3 aromatic carbocycles. The molecule has 9 amide bonds. The summed E-state index contributed by atoms with van der Waals surface area (Å²) in [6.45, 7) is 23.1. The van der Waals surface area contributed by atoms with E-state index >= 15 is 0 Å². The van der Waals surface area contributed by atoms with Crippen LogP contribution in [0.15, 0.2) is 60.7 Å². The normalized spacial score (nSPS) is 12.4. The van der Waals surface area contributed by atoms with Gasteiger partial charge >= 0.3 is 84.5 Å². The van der Waals surface area contributed by atoms with Crippen molar-refractivity contribution >= 4 is 148 Å². The Hall–Kier alpha value is -15.7. The van der Waals surface area contributed by atoms with Crippen LogP contribution in [0.4, 0.5) is 53.7 Å². The number of aromatic nitrogens is 5. The molecule has 2 aliphatic rings. The Morgan fingerprint density at radius 3 is 1.36 bits per heavy atom. The number of esters is 5. The van der Waals surface area contributed by atoms with Gasteiger partial charge in [0.2, 0.25) is 18.9 Å². The summed E-state index contributed by atoms with van der Waals surface area (Å²) in [6, 6.07) is 15.1. The highest BCUT2D eigenvalue weighted by molar-refractivity contribution is 6.35. The van der Waals surface area contributed by atoms with Gasteiger partial charge < -0.3 is 148 Å². The molecule has 51 nitrogen and oxygen atoms in total. The third-order valence-electron chi connectivity index (χ3n) is 18.3. The van der Waals surface area contributed by atoms with E-state index in [1.165, 1.54) is 93.2 Å². The summed E-state index contributed by atoms with van der Waals surface area (Å²) in [7, 11) is 4.08. The number of ether oxygens (including phenoxy) is 15. The van der Waals surface area contributed by atoms with E-state index in [1.54, 1.807) is 98.7 Å². The van der Waals surface area contributed by atoms with Crippen LogP contribution in [0.25, 0.3) is 34.3 Å². The Morgan fingerprint density at radius 2 is 0.923 bits per heavy atom. The van der Waals surface area contributed by atoms with Crippen molar-refractivity contribution in [3.63, 3.8) is 0 Å². The molecule has 6 aromatic rings. The molecule has 12 N–H and O–H groups in total. The number of alkyl carbamates (subject to hydrolysis) is 3. The third-order valence-corrected chi connectivity index (χ3v) is 18.3. The van der Waals surface area contributed by atoms with Gasteiger partial charge in [0.15, 0.2) is 20.4 Å². The fourth-order valence-electron chi connectivity index (χ4n) is 11.8. The van der Waals surface area contributed by atoms with Gasteiger partial charge in [-0.1, -0.05) is 23.9 Å². The van der Waals surface area contributed by atoms with Gasteiger partial charge in [-0.25, -0.2) is 47.1 Å². The van der Waals surface area contributed by atoms with E-state index < -0.39 is 140 Å². The number of nitrogens with zero attached hydrogens (tertiary/aromatic N) is 6. The van der Waals surface area contributed by atoms with Crippen molar-refractivity contribution in [2.24, 2.45) is 0 Å². The van der Waals surface area contributed by atoms with E-state index in [1.807, 2.05) is 19.2 Å². The number of carbonyl (C=O) groups excluding carboxylic acids is 15. The van der Waals surface area contributed by atoms with E-state index in [9.17, 15) is 95.4 Å². The zero-order valence-corrected chi connectivity index (χ0v) is 81.9. The average molecular weight is 2030 g/mol. The number of methoxy groups -OCH3 is 3. The lowest BCUT2D eigenvalue weighted by atomic mass is 10.0. The molecule has 0 fully saturated rings. The lowest BCUT2D eigenvalue weighted by molar-refractivity contribution is -0.169. The number of fused-ring (bicyclic) bond motifs is 3. The van der Waals surface area contributed by atoms with Crippen LogP contribution in [0, 0.1) is 39.3 Å². The first kappa shape index (κ1) is 122. The first-order chi connectivity index (χ1) is 67.7. The molecule has 0 aliphatic carbocycles. The number of halogens is 2. The molecule has 53 heteroatoms. The molecular weight excluding hydrogens is 1910 g/mol. The van der Waals surface area contributed by atoms with Crippen LogP contribution in [0.1, 0.15) is 167 Å². The second-order valence-electron chi connectivity index (χ2n) is 30.3. The minimum Gasteiger partial charge on any atom is -0.480 e. The number of likely N-dealkylation sites (N-methyl/N-ethyl adjacent to an activating group) is 2. The number of amides is 9. The van der Waals surface area contributed by atoms with Crippen molar-refractivity contribution in [1.82, 2.24) is 61.1 Å². The van der Waals surface area contributed by atoms with Gasteiger partial charge in [-0.3, -0.25) is 48.0 Å². The number of H-pyrrole nitrogens is 2. The summed E-state index contributed by atoms with van der Waals surface area (Å²) in [5.41, 5.74) is 6.85. The van der Waals surface area contributed by atoms with E-state index in [0.717, 1.165) is 11.3 Å². The highest BCUT2D eigenvalue weighted by Gasteiger charge is 2.31. The lowest BCUT2D eigenvalue weighted by Gasteiger charge is -2.24. The van der Waals surface area contributed by atoms with E-state index in [2.05, 4.69) is 84.8 Å². The van der Waals surface area contributed by atoms with Crippen molar-refractivity contribution in [3.05, 3.63) is 128 Å². The number of carboxylic acids is 2. The van der Waals surface area contributed by atoms with Crippen molar-refractivity contribution in [1.29, 1.82) is 0 Å². The number of benzene rings is 3. The molecule has 0 spiro atoms. The lowest BCUT2D eigenvalue weighted by Crippen LogP contribution is -2.41. The van der Waals surface area contributed by atoms with E-state index in [-0.39, 0.29) is 128 Å². The predicted octanol–water partition coefficient (Wildman–Crippen LogP) is 7.87. The molecule has 0 saturated heterocycles. The fourth-order valence-corrected chi connectivity index (χ4v) is 11.8. The molecular formula is C90H122F2N14O37. The van der Waals surface area contributed by atoms with E-state index in [4.69, 9.17) is 53.3 Å². The molecule has 143 heavy (non-hydrogen) atoms. The molecule has 0 radical (unpaired) electrons. The molecule has 788 valence electrons. The zero-order chi connectivity index (χ0) is 107. The first-order valence-electron chi connectivity index (χ1n) is 43.9. The number of rotatable bonds is 42. The topological polar surface area (TPSA) is 663 Å². The number of aryl methyl sites for hydroxylation is 2. The molecule has 3 unspecified atom stereocenters. The smallest absolute Gasteiger partial charge is 0.480 e. The van der Waals surface area contributed by atoms with Crippen LogP contribution in [-0.4, -0.2) is 321 Å². The van der Waals surface area contributed by atoms with Gasteiger partial charge in [0.1, 0.15) is 54.6 Å². The standard InChI is InChI=1S/C28H34FN5O9.C18H32N2O9.C16H13FN2O3.C14H25NO7.C9H9N3O4.C5H9NO5/c1-6-34(28(39)43-17(4)42-23(35)13-31-27(38)41-14-40-5)10-9-30-26(37)24-15(2)22(32-16(24)3)12-20-19-11-18(29)7-8-21(19)33-25(20)36;1-7-20(11-10-19-16(23)29-18(3,4)5)17(24)28-13(2)27-15(22)9-8-14(21)26-12-25-6;1-7-13(18-8(2)14(7)16(21)22)6-11-10-5-9(17)3-4-12(10)19-15(11)20;1-5-9-15(6-2)14(18)22-11(3)21-13(17)8-7-12(16)20-10-19-4;13-5-6-15-9(14)16-12-8-4-2-1-3-7(8)10-11-12;7-1-2-11-5(10)6-3-4(8)9/h7-8,11-12,17,32H,6,9-10,13-14H2,1-5H3,(H,30,37)(H,31,38)(H,33,36);13H,7-12H2,1-6H3,(H,19,23);3-6,18H,1-2H3,(H,19,20)(H,21,22);11H,5-10H2,1-4H3;1-4,13H,5-6H2;7H,1-3H2,(H,6,10)(H,8,9)/b20-12-;;11-6-;;;. The Kier molecular flexibility index (Phi) is 54.2. The van der Waals surface area contributed by atoms with Crippen LogP contribution in [0.2, 0.25) is 0 Å². The number of carboxylic acid groups (broad SMARTS) is 2. The Labute approximate surface area is 818 Å². The Morgan fingerprint density at radius 1 is 0.503 bits per heavy atom. The maximum absolute atomic E-state index is 13.8. The van der Waals surface area contributed by atoms with Crippen molar-refractivity contribution < 1.29 is 187 Å². The van der Waals surface area contributed by atoms with Gasteiger partial charge in [0.25, 0.3) is 17.7 Å². The number of carbonyl (C=O) groups is 17. The second kappa shape index (κ2) is 63.8. The molecule has 0 saturated carbocycles. The van der Waals surface area contributed by atoms with Crippen LogP contribution in [-0.2, 0) is 109 Å². The number of hydrogen-bond donors (Lipinski definition) is 12. The summed E-state index contributed by atoms with van der Waals surface area (Å²) in [4.78, 5) is 213. The largest absolute Gasteiger partial charge is 0.535 e. The summed E-state index contributed by atoms with van der Waals surface area (Å²) in [6.07, 6.45) is -5.44. The van der Waals surface area contributed by atoms with Gasteiger partial charge in [0.05, 0.1) is 61.2 Å². The van der Waals surface area contributed by atoms with Gasteiger partial charge in [0, 0.05) is 140 Å². The third kappa shape index (κ3) is 45.0. The maximum Gasteiger partial charge on any atom is 0.535 e. The molecule has 2 aliphatic heterocycles. The number of aliphatic hydroxyl groups excluding tert-OH is 2. The van der Waals surface area contributed by atoms with Gasteiger partial charge in [-0.15, -0.1) is 5.10 Å². The number of hydrogen-bond acceptors (Lipinski definition) is 37. The van der Waals surface area contributed by atoms with Crippen LogP contribution in [0.3, 0.4) is 0 Å². The molecule has 3 atom stereocenters. The minimum atomic E-state index is -1.25. The molecule has 5 heterocycles. The van der Waals surface area contributed by atoms with Crippen molar-refractivity contribution in [2.75, 3.05) is 144 Å². The van der Waals surface area contributed by atoms with Crippen LogP contribution in [0.5, 0.6) is 0 Å². The summed E-state index contributed by atoms with van der Waals surface area (Å²) in [5, 5.41) is 56.0. The zero-order valence-electron chi connectivity index (χ0n) is 81.9. The number of nitrogens with one attached hydrogen (secondary N) is 8. The highest BCUT2D eigenvalue weighted by Crippen LogP contribution is 2.36. The molecule has 3 aromatic heterocycles. The van der Waals surface area contributed by atoms with Gasteiger partial charge in [-0.2, -0.15) is 0 Å². The van der Waals surface area contributed by atoms with Gasteiger partial charge in [-0.05, 0) is 153 Å². The number of aliphatic carboxylic acids is 1. The Balaban J connectivity index is 0.000000463. The monoisotopic (exact) mass is 2030 g/mol. The molecule has 0 bridgehead atoms. The second-order valence-corrected chi connectivity index (χ2v) is 30.3. The Bertz CT molecular complexity index is 5360. The molecule has 8 rings (SSSR count). The maximum atomic E-state index is 13.8. The number of aliphatic hydroxyl groups is 2.